The highest BCUT2D eigenvalue weighted by Crippen LogP contribution is 2.33. The van der Waals surface area contributed by atoms with Crippen LogP contribution in [0.2, 0.25) is 0 Å². The zero-order valence-electron chi connectivity index (χ0n) is 13.9. The predicted octanol–water partition coefficient (Wildman–Crippen LogP) is 1.81. The number of aliphatic hydroxyl groups excluding tert-OH is 1. The van der Waals surface area contributed by atoms with Gasteiger partial charge in [0.15, 0.2) is 0 Å². The van der Waals surface area contributed by atoms with Crippen LogP contribution in [0, 0.1) is 17.6 Å². The molecule has 0 aromatic heterocycles. The van der Waals surface area contributed by atoms with Gasteiger partial charge in [-0.2, -0.15) is 13.2 Å². The third kappa shape index (κ3) is 4.45. The number of rotatable bonds is 4. The molecule has 27 heavy (non-hydrogen) atoms. The molecule has 0 saturated carbocycles. The molecule has 2 aliphatic heterocycles. The normalized spacial score (nSPS) is 24.0. The summed E-state index contributed by atoms with van der Waals surface area (Å²) in [5.74, 6) is -3.64. The highest BCUT2D eigenvalue weighted by molar-refractivity contribution is 5.84. The summed E-state index contributed by atoms with van der Waals surface area (Å²) in [6.07, 6.45) is -4.37. The van der Waals surface area contributed by atoms with Crippen LogP contribution in [0.1, 0.15) is 17.5 Å². The summed E-state index contributed by atoms with van der Waals surface area (Å²) in [6.45, 7) is 0.720. The van der Waals surface area contributed by atoms with Crippen LogP contribution in [0.5, 0.6) is 0 Å². The monoisotopic (exact) mass is 392 g/mol. The van der Waals surface area contributed by atoms with E-state index in [0.29, 0.717) is 6.07 Å². The van der Waals surface area contributed by atoms with E-state index in [1.54, 1.807) is 0 Å². The summed E-state index contributed by atoms with van der Waals surface area (Å²) >= 11 is 0. The van der Waals surface area contributed by atoms with Gasteiger partial charge < -0.3 is 20.5 Å². The Morgan fingerprint density at radius 3 is 2.48 bits per heavy atom. The van der Waals surface area contributed by atoms with Gasteiger partial charge in [0.25, 0.3) is 0 Å². The van der Waals surface area contributed by atoms with Crippen molar-refractivity contribution in [2.45, 2.75) is 24.7 Å². The number of carbonyl (C=O) groups is 1. The van der Waals surface area contributed by atoms with Crippen LogP contribution in [-0.4, -0.2) is 42.9 Å². The molecule has 3 N–H and O–H groups in total. The van der Waals surface area contributed by atoms with E-state index in [1.165, 1.54) is 0 Å². The molecule has 5 nitrogen and oxygen atoms in total. The van der Waals surface area contributed by atoms with Gasteiger partial charge >= 0.3 is 6.18 Å². The molecule has 1 aromatic carbocycles. The van der Waals surface area contributed by atoms with Crippen LogP contribution in [0.15, 0.2) is 17.8 Å². The predicted molar refractivity (Wildman–Crippen MR) is 84.2 cm³/mol. The van der Waals surface area contributed by atoms with E-state index in [0.717, 1.165) is 6.08 Å². The van der Waals surface area contributed by atoms with Crippen molar-refractivity contribution >= 4 is 12.0 Å². The van der Waals surface area contributed by atoms with Gasteiger partial charge in [-0.25, -0.2) is 8.78 Å². The minimum absolute atomic E-state index is 0.0900. The number of amides is 1. The fourth-order valence-corrected chi connectivity index (χ4v) is 2.88. The molecule has 0 unspecified atom stereocenters. The third-order valence-corrected chi connectivity index (χ3v) is 4.47. The second-order valence-corrected chi connectivity index (χ2v) is 6.52. The molecule has 0 aliphatic carbocycles. The number of β-amino-alcohol motifs (C(OH)–C–C–N with tert-alkyl or cyclic N) is 1. The van der Waals surface area contributed by atoms with E-state index in [4.69, 9.17) is 4.74 Å². The average Bonchev–Trinajstić information content (AvgIpc) is 2.94. The molecular formula is C17H17F5N2O3. The maximum Gasteiger partial charge on any atom is 0.419 e. The van der Waals surface area contributed by atoms with Crippen LogP contribution in [0.25, 0.3) is 6.08 Å². The molecule has 148 valence electrons. The van der Waals surface area contributed by atoms with Gasteiger partial charge in [-0.05, 0) is 24.6 Å². The second kappa shape index (κ2) is 7.53. The summed E-state index contributed by atoms with van der Waals surface area (Å²) < 4.78 is 70.9. The number of hydrogen-bond acceptors (Lipinski definition) is 4. The van der Waals surface area contributed by atoms with Gasteiger partial charge in [-0.3, -0.25) is 4.79 Å². The fraction of sp³-hybridized carbons (Fsp3) is 0.471. The number of aliphatic hydroxyl groups is 1. The third-order valence-electron chi connectivity index (χ3n) is 4.47. The first-order valence-electron chi connectivity index (χ1n) is 8.23. The zero-order valence-corrected chi connectivity index (χ0v) is 13.9. The van der Waals surface area contributed by atoms with E-state index in [2.05, 4.69) is 10.6 Å². The van der Waals surface area contributed by atoms with E-state index in [1.807, 2.05) is 0 Å². The number of alkyl halides is 3. The summed E-state index contributed by atoms with van der Waals surface area (Å²) in [5, 5.41) is 14.9. The Bertz CT molecular complexity index is 762. The molecule has 0 radical (unpaired) electrons. The number of benzene rings is 1. The van der Waals surface area contributed by atoms with Crippen molar-refractivity contribution < 1.29 is 36.6 Å². The lowest BCUT2D eigenvalue weighted by molar-refractivity contribution is -0.140. The highest BCUT2D eigenvalue weighted by Gasteiger charge is 2.35. The Kier molecular flexibility index (Phi) is 5.50. The summed E-state index contributed by atoms with van der Waals surface area (Å²) in [6, 6.07) is -0.118. The zero-order chi connectivity index (χ0) is 19.8. The number of nitrogens with one attached hydrogen (secondary N) is 2. The lowest BCUT2D eigenvalue weighted by Gasteiger charge is -2.29. The number of ether oxygens (including phenoxy) is 1. The van der Waals surface area contributed by atoms with Gasteiger partial charge in [0, 0.05) is 23.7 Å². The maximum absolute atomic E-state index is 14.1. The summed E-state index contributed by atoms with van der Waals surface area (Å²) in [4.78, 5) is 12.3. The molecular weight excluding hydrogens is 375 g/mol. The van der Waals surface area contributed by atoms with E-state index in [-0.39, 0.29) is 43.9 Å². The first-order chi connectivity index (χ1) is 12.6. The smallest absolute Gasteiger partial charge is 0.392 e. The molecule has 2 heterocycles. The van der Waals surface area contributed by atoms with Crippen LogP contribution < -0.4 is 10.6 Å². The quantitative estimate of drug-likeness (QED) is 0.684. The van der Waals surface area contributed by atoms with Crippen molar-refractivity contribution in [2.24, 2.45) is 5.92 Å². The Hall–Kier alpha value is -2.04. The highest BCUT2D eigenvalue weighted by atomic mass is 19.4. The summed E-state index contributed by atoms with van der Waals surface area (Å²) in [7, 11) is 0. The lowest BCUT2D eigenvalue weighted by Crippen LogP contribution is -2.44. The number of halogens is 5. The van der Waals surface area contributed by atoms with Crippen LogP contribution in [0.3, 0.4) is 0 Å². The van der Waals surface area contributed by atoms with Crippen LogP contribution in [-0.2, 0) is 15.7 Å². The van der Waals surface area contributed by atoms with Crippen molar-refractivity contribution in [3.05, 3.63) is 40.6 Å². The molecule has 3 rings (SSSR count). The molecule has 2 fully saturated rings. The lowest BCUT2D eigenvalue weighted by atomic mass is 9.99. The molecule has 2 atom stereocenters. The molecule has 0 bridgehead atoms. The van der Waals surface area contributed by atoms with Gasteiger partial charge in [0.2, 0.25) is 5.91 Å². The fourth-order valence-electron chi connectivity index (χ4n) is 2.88. The number of hydrogen-bond donors (Lipinski definition) is 3. The van der Waals surface area contributed by atoms with Gasteiger partial charge in [-0.1, -0.05) is 0 Å². The Labute approximate surface area is 151 Å². The van der Waals surface area contributed by atoms with Crippen molar-refractivity contribution in [2.75, 3.05) is 19.8 Å². The topological polar surface area (TPSA) is 70.6 Å². The molecule has 0 spiro atoms. The van der Waals surface area contributed by atoms with Crippen molar-refractivity contribution in [1.82, 2.24) is 10.6 Å². The molecule has 1 amide bonds. The standard InChI is InChI=1S/C17H17F5N2O3/c18-12-4-11(17(20,21)22)13(19)1-8(12)2-14(9-6-27-7-9)24-16(26)15-3-10(25)5-23-15/h1-2,4,9-10,15,23,25H,3,5-7H2,(H,24,26)/t10-,15-/m1/s1. The summed E-state index contributed by atoms with van der Waals surface area (Å²) in [5.41, 5.74) is -1.89. The van der Waals surface area contributed by atoms with Gasteiger partial charge in [-0.15, -0.1) is 0 Å². The Morgan fingerprint density at radius 2 is 1.96 bits per heavy atom. The van der Waals surface area contributed by atoms with Crippen molar-refractivity contribution in [3.8, 4) is 0 Å². The molecule has 1 aromatic rings. The Morgan fingerprint density at radius 1 is 1.26 bits per heavy atom. The number of carbonyl (C=O) groups excluding carboxylic acids is 1. The maximum atomic E-state index is 14.1. The first kappa shape index (κ1) is 19.7. The van der Waals surface area contributed by atoms with Gasteiger partial charge in [0.1, 0.15) is 11.6 Å². The minimum atomic E-state index is -5.01. The minimum Gasteiger partial charge on any atom is -0.392 e. The molecule has 2 aliphatic rings. The van der Waals surface area contributed by atoms with Crippen LogP contribution in [0.4, 0.5) is 22.0 Å². The second-order valence-electron chi connectivity index (χ2n) is 6.52. The Balaban J connectivity index is 1.86. The average molecular weight is 392 g/mol. The molecule has 10 heteroatoms. The largest absolute Gasteiger partial charge is 0.419 e. The van der Waals surface area contributed by atoms with Crippen molar-refractivity contribution in [3.63, 3.8) is 0 Å². The van der Waals surface area contributed by atoms with Crippen LogP contribution >= 0.6 is 0 Å². The SMILES string of the molecule is O=C(NC(=Cc1cc(F)c(C(F)(F)F)cc1F)C1COC1)[C@H]1C[C@@H](O)CN1. The molecule has 2 saturated heterocycles. The van der Waals surface area contributed by atoms with E-state index >= 15 is 0 Å². The first-order valence-corrected chi connectivity index (χ1v) is 8.23. The van der Waals surface area contributed by atoms with Crippen molar-refractivity contribution in [1.29, 1.82) is 0 Å². The van der Waals surface area contributed by atoms with Gasteiger partial charge in [0.05, 0.1) is 30.9 Å². The van der Waals surface area contributed by atoms with E-state index in [9.17, 15) is 31.9 Å². The van der Waals surface area contributed by atoms with E-state index < -0.39 is 47.0 Å².